The first-order chi connectivity index (χ1) is 12.4. The molecule has 0 spiro atoms. The van der Waals surface area contributed by atoms with Crippen LogP contribution in [0.4, 0.5) is 18.9 Å². The second-order valence-corrected chi connectivity index (χ2v) is 7.45. The molecule has 0 unspecified atom stereocenters. The Labute approximate surface area is 155 Å². The molecule has 0 saturated heterocycles. The Morgan fingerprint density at radius 3 is 2.73 bits per heavy atom. The van der Waals surface area contributed by atoms with E-state index in [-0.39, 0.29) is 17.2 Å². The van der Waals surface area contributed by atoms with E-state index >= 15 is 0 Å². The van der Waals surface area contributed by atoms with Gasteiger partial charge in [0.2, 0.25) is 5.91 Å². The molecule has 0 aliphatic rings. The number of thiazole rings is 1. The molecule has 0 atom stereocenters. The topological polar surface area (TPSA) is 51.2 Å². The Balaban J connectivity index is 1.69. The maximum Gasteiger partial charge on any atom is 0.416 e. The summed E-state index contributed by atoms with van der Waals surface area (Å²) in [6.45, 7) is 0. The number of rotatable bonds is 5. The van der Waals surface area contributed by atoms with Gasteiger partial charge in [-0.05, 0) is 30.3 Å². The molecule has 0 radical (unpaired) electrons. The normalized spacial score (nSPS) is 11.5. The number of carbonyl (C=O) groups excluding carboxylic acids is 1. The average Bonchev–Trinajstić information content (AvgIpc) is 3.02. The highest BCUT2D eigenvalue weighted by Crippen LogP contribution is 2.35. The van der Waals surface area contributed by atoms with Crippen LogP contribution in [-0.2, 0) is 11.0 Å². The van der Waals surface area contributed by atoms with Crippen molar-refractivity contribution >= 4 is 44.9 Å². The Kier molecular flexibility index (Phi) is 5.38. The van der Waals surface area contributed by atoms with Gasteiger partial charge in [-0.2, -0.15) is 13.2 Å². The third-order valence-electron chi connectivity index (χ3n) is 3.40. The van der Waals surface area contributed by atoms with Crippen LogP contribution in [0, 0.1) is 0 Å². The van der Waals surface area contributed by atoms with Gasteiger partial charge in [0.25, 0.3) is 0 Å². The summed E-state index contributed by atoms with van der Waals surface area (Å²) < 4.78 is 45.3. The Morgan fingerprint density at radius 2 is 2.04 bits per heavy atom. The smallest absolute Gasteiger partial charge is 0.416 e. The van der Waals surface area contributed by atoms with E-state index < -0.39 is 17.6 Å². The van der Waals surface area contributed by atoms with Crippen LogP contribution in [0.3, 0.4) is 0 Å². The summed E-state index contributed by atoms with van der Waals surface area (Å²) in [5.74, 6) is -0.248. The van der Waals surface area contributed by atoms with E-state index in [1.54, 1.807) is 0 Å². The lowest BCUT2D eigenvalue weighted by Crippen LogP contribution is -2.15. The monoisotopic (exact) mass is 398 g/mol. The van der Waals surface area contributed by atoms with Gasteiger partial charge >= 0.3 is 6.18 Å². The fourth-order valence-electron chi connectivity index (χ4n) is 2.21. The lowest BCUT2D eigenvalue weighted by molar-refractivity contribution is -0.137. The zero-order valence-electron chi connectivity index (χ0n) is 13.5. The number of alkyl halides is 3. The standard InChI is InChI=1S/C17H13F3N2O2S2/c1-24-13-7-6-10(17(18,19)20)8-12(13)21-15(23)9-25-16-22-11-4-2-3-5-14(11)26-16/h2-8H,9H2,1H3,(H,21,23). The predicted octanol–water partition coefficient (Wildman–Crippen LogP) is 5.05. The minimum absolute atomic E-state index is 0.0165. The molecule has 0 aliphatic heterocycles. The number of amides is 1. The quantitative estimate of drug-likeness (QED) is 0.611. The number of fused-ring (bicyclic) bond motifs is 1. The van der Waals surface area contributed by atoms with Gasteiger partial charge in [0.05, 0.1) is 34.3 Å². The maximum atomic E-state index is 12.8. The van der Waals surface area contributed by atoms with Crippen LogP contribution < -0.4 is 10.1 Å². The fourth-order valence-corrected chi connectivity index (χ4v) is 4.08. The molecule has 1 N–H and O–H groups in total. The van der Waals surface area contributed by atoms with E-state index in [9.17, 15) is 18.0 Å². The molecule has 1 amide bonds. The molecule has 136 valence electrons. The fraction of sp³-hybridized carbons (Fsp3) is 0.176. The van der Waals surface area contributed by atoms with Gasteiger partial charge in [0, 0.05) is 0 Å². The van der Waals surface area contributed by atoms with E-state index in [0.29, 0.717) is 0 Å². The number of nitrogens with zero attached hydrogens (tertiary/aromatic N) is 1. The van der Waals surface area contributed by atoms with Crippen molar-refractivity contribution in [2.24, 2.45) is 0 Å². The lowest BCUT2D eigenvalue weighted by Gasteiger charge is -2.13. The Hall–Kier alpha value is -2.26. The maximum absolute atomic E-state index is 12.8. The van der Waals surface area contributed by atoms with Crippen molar-refractivity contribution in [1.82, 2.24) is 4.98 Å². The average molecular weight is 398 g/mol. The van der Waals surface area contributed by atoms with Crippen molar-refractivity contribution < 1.29 is 22.7 Å². The largest absolute Gasteiger partial charge is 0.495 e. The van der Waals surface area contributed by atoms with E-state index in [2.05, 4.69) is 10.3 Å². The molecular weight excluding hydrogens is 385 g/mol. The van der Waals surface area contributed by atoms with Gasteiger partial charge in [0.15, 0.2) is 4.34 Å². The number of ether oxygens (including phenoxy) is 1. The molecule has 2 aromatic carbocycles. The molecule has 3 rings (SSSR count). The van der Waals surface area contributed by atoms with Crippen molar-refractivity contribution in [3.63, 3.8) is 0 Å². The molecule has 0 fully saturated rings. The molecule has 0 bridgehead atoms. The van der Waals surface area contributed by atoms with Gasteiger partial charge < -0.3 is 10.1 Å². The summed E-state index contributed by atoms with van der Waals surface area (Å²) in [5.41, 5.74) is -0.0235. The highest BCUT2D eigenvalue weighted by Gasteiger charge is 2.31. The van der Waals surface area contributed by atoms with Gasteiger partial charge in [-0.25, -0.2) is 4.98 Å². The number of methoxy groups -OCH3 is 1. The van der Waals surface area contributed by atoms with Crippen molar-refractivity contribution in [2.75, 3.05) is 18.2 Å². The van der Waals surface area contributed by atoms with E-state index in [1.165, 1.54) is 36.3 Å². The summed E-state index contributed by atoms with van der Waals surface area (Å²) >= 11 is 2.69. The van der Waals surface area contributed by atoms with E-state index in [0.717, 1.165) is 26.7 Å². The van der Waals surface area contributed by atoms with Crippen LogP contribution >= 0.6 is 23.1 Å². The van der Waals surface area contributed by atoms with E-state index in [4.69, 9.17) is 4.74 Å². The number of aromatic nitrogens is 1. The molecule has 9 heteroatoms. The second-order valence-electron chi connectivity index (χ2n) is 5.20. The number of halogens is 3. The van der Waals surface area contributed by atoms with Crippen molar-refractivity contribution in [1.29, 1.82) is 0 Å². The third-order valence-corrected chi connectivity index (χ3v) is 5.58. The highest BCUT2D eigenvalue weighted by atomic mass is 32.2. The van der Waals surface area contributed by atoms with Crippen molar-refractivity contribution in [3.05, 3.63) is 48.0 Å². The van der Waals surface area contributed by atoms with Crippen LogP contribution in [0.5, 0.6) is 5.75 Å². The first kappa shape index (κ1) is 18.5. The van der Waals surface area contributed by atoms with Crippen LogP contribution in [-0.4, -0.2) is 23.8 Å². The first-order valence-corrected chi connectivity index (χ1v) is 9.20. The number of nitrogens with one attached hydrogen (secondary N) is 1. The number of carbonyl (C=O) groups is 1. The lowest BCUT2D eigenvalue weighted by atomic mass is 10.2. The minimum atomic E-state index is -4.50. The molecule has 0 saturated carbocycles. The molecule has 4 nitrogen and oxygen atoms in total. The number of hydrogen-bond acceptors (Lipinski definition) is 5. The predicted molar refractivity (Wildman–Crippen MR) is 97.0 cm³/mol. The molecule has 1 heterocycles. The number of hydrogen-bond donors (Lipinski definition) is 1. The first-order valence-electron chi connectivity index (χ1n) is 7.40. The Morgan fingerprint density at radius 1 is 1.27 bits per heavy atom. The summed E-state index contributed by atoms with van der Waals surface area (Å²) in [4.78, 5) is 16.5. The van der Waals surface area contributed by atoms with Gasteiger partial charge in [0.1, 0.15) is 5.75 Å². The van der Waals surface area contributed by atoms with Gasteiger partial charge in [-0.1, -0.05) is 23.9 Å². The number of anilines is 1. The summed E-state index contributed by atoms with van der Waals surface area (Å²) in [6, 6.07) is 10.5. The summed E-state index contributed by atoms with van der Waals surface area (Å²) in [6.07, 6.45) is -4.50. The van der Waals surface area contributed by atoms with Gasteiger partial charge in [-0.3, -0.25) is 4.79 Å². The van der Waals surface area contributed by atoms with Gasteiger partial charge in [-0.15, -0.1) is 11.3 Å². The summed E-state index contributed by atoms with van der Waals surface area (Å²) in [7, 11) is 1.33. The highest BCUT2D eigenvalue weighted by molar-refractivity contribution is 8.01. The van der Waals surface area contributed by atoms with Crippen LogP contribution in [0.1, 0.15) is 5.56 Å². The zero-order chi connectivity index (χ0) is 18.7. The van der Waals surface area contributed by atoms with Crippen LogP contribution in [0.15, 0.2) is 46.8 Å². The molecule has 26 heavy (non-hydrogen) atoms. The minimum Gasteiger partial charge on any atom is -0.495 e. The molecule has 3 aromatic rings. The van der Waals surface area contributed by atoms with Crippen LogP contribution in [0.2, 0.25) is 0 Å². The molecular formula is C17H13F3N2O2S2. The van der Waals surface area contributed by atoms with Crippen molar-refractivity contribution in [3.8, 4) is 5.75 Å². The molecule has 1 aromatic heterocycles. The Bertz CT molecular complexity index is 908. The zero-order valence-corrected chi connectivity index (χ0v) is 15.1. The summed E-state index contributed by atoms with van der Waals surface area (Å²) in [5, 5.41) is 2.47. The van der Waals surface area contributed by atoms with E-state index in [1.807, 2.05) is 24.3 Å². The SMILES string of the molecule is COc1ccc(C(F)(F)F)cc1NC(=O)CSc1nc2ccccc2s1. The second kappa shape index (κ2) is 7.55. The third kappa shape index (κ3) is 4.28. The number of para-hydroxylation sites is 1. The number of benzene rings is 2. The number of thioether (sulfide) groups is 1. The van der Waals surface area contributed by atoms with Crippen LogP contribution in [0.25, 0.3) is 10.2 Å². The molecule has 0 aliphatic carbocycles. The van der Waals surface area contributed by atoms with Crippen molar-refractivity contribution in [2.45, 2.75) is 10.5 Å².